The predicted molar refractivity (Wildman–Crippen MR) is 68.5 cm³/mol. The Balaban J connectivity index is 2.76. The molecular formula is C12H11ClN2O3. The lowest BCUT2D eigenvalue weighted by molar-refractivity contribution is -0.384. The molecule has 0 spiro atoms. The highest BCUT2D eigenvalue weighted by molar-refractivity contribution is 6.33. The molecule has 0 aliphatic heterocycles. The fourth-order valence-electron chi connectivity index (χ4n) is 1.29. The molecule has 0 fully saturated rings. The summed E-state index contributed by atoms with van der Waals surface area (Å²) in [4.78, 5) is 21.8. The van der Waals surface area contributed by atoms with E-state index in [0.717, 1.165) is 6.07 Å². The van der Waals surface area contributed by atoms with Crippen LogP contribution in [0.2, 0.25) is 5.02 Å². The van der Waals surface area contributed by atoms with Gasteiger partial charge in [-0.2, -0.15) is 0 Å². The molecule has 0 unspecified atom stereocenters. The summed E-state index contributed by atoms with van der Waals surface area (Å²) in [5.41, 5.74) is -0.0836. The Morgan fingerprint density at radius 2 is 2.28 bits per heavy atom. The second kappa shape index (κ2) is 6.62. The minimum Gasteiger partial charge on any atom is -0.352 e. The van der Waals surface area contributed by atoms with Crippen molar-refractivity contribution >= 4 is 23.2 Å². The maximum absolute atomic E-state index is 11.7. The lowest BCUT2D eigenvalue weighted by Crippen LogP contribution is -2.24. The molecule has 18 heavy (non-hydrogen) atoms. The minimum absolute atomic E-state index is 0.0894. The summed E-state index contributed by atoms with van der Waals surface area (Å²) in [6, 6.07) is 3.73. The molecule has 0 aromatic heterocycles. The van der Waals surface area contributed by atoms with E-state index in [-0.39, 0.29) is 16.3 Å². The number of nitrogens with zero attached hydrogens (tertiary/aromatic N) is 1. The van der Waals surface area contributed by atoms with E-state index in [0.29, 0.717) is 19.4 Å². The first-order valence-electron chi connectivity index (χ1n) is 5.22. The molecule has 6 heteroatoms. The predicted octanol–water partition coefficient (Wildman–Crippen LogP) is 2.39. The molecule has 0 aliphatic carbocycles. The van der Waals surface area contributed by atoms with E-state index in [1.165, 1.54) is 12.1 Å². The van der Waals surface area contributed by atoms with Crippen LogP contribution in [0.25, 0.3) is 0 Å². The third-order valence-electron chi connectivity index (χ3n) is 2.19. The van der Waals surface area contributed by atoms with Gasteiger partial charge in [-0.3, -0.25) is 14.9 Å². The first-order chi connectivity index (χ1) is 8.56. The Bertz CT molecular complexity index is 509. The first-order valence-corrected chi connectivity index (χ1v) is 5.59. The van der Waals surface area contributed by atoms with Crippen LogP contribution >= 0.6 is 11.6 Å². The number of terminal acetylenes is 1. The van der Waals surface area contributed by atoms with Crippen LogP contribution in [0.15, 0.2) is 18.2 Å². The zero-order valence-electron chi connectivity index (χ0n) is 9.48. The molecule has 1 aromatic carbocycles. The van der Waals surface area contributed by atoms with Gasteiger partial charge < -0.3 is 5.32 Å². The second-order valence-electron chi connectivity index (χ2n) is 3.48. The molecule has 0 bridgehead atoms. The largest absolute Gasteiger partial charge is 0.352 e. The monoisotopic (exact) mass is 266 g/mol. The van der Waals surface area contributed by atoms with Gasteiger partial charge in [-0.15, -0.1) is 12.3 Å². The smallest absolute Gasteiger partial charge is 0.270 e. The minimum atomic E-state index is -0.578. The Labute approximate surface area is 109 Å². The highest BCUT2D eigenvalue weighted by Gasteiger charge is 2.15. The second-order valence-corrected chi connectivity index (χ2v) is 3.89. The SMILES string of the molecule is C#CCCCNC(=O)c1cc([N+](=O)[O-])ccc1Cl. The van der Waals surface area contributed by atoms with E-state index in [4.69, 9.17) is 18.0 Å². The number of carbonyl (C=O) groups excluding carboxylic acids is 1. The fourth-order valence-corrected chi connectivity index (χ4v) is 1.49. The molecule has 1 N–H and O–H groups in total. The van der Waals surface area contributed by atoms with E-state index < -0.39 is 10.8 Å². The molecule has 1 rings (SSSR count). The number of non-ortho nitro benzene ring substituents is 1. The van der Waals surface area contributed by atoms with Crippen LogP contribution in [0.4, 0.5) is 5.69 Å². The number of rotatable bonds is 5. The number of benzene rings is 1. The van der Waals surface area contributed by atoms with Crippen LogP contribution in [0.3, 0.4) is 0 Å². The number of unbranched alkanes of at least 4 members (excludes halogenated alkanes) is 1. The average molecular weight is 267 g/mol. The zero-order chi connectivity index (χ0) is 13.5. The maximum atomic E-state index is 11.7. The summed E-state index contributed by atoms with van der Waals surface area (Å²) >= 11 is 5.82. The molecule has 0 saturated heterocycles. The third kappa shape index (κ3) is 3.75. The Morgan fingerprint density at radius 3 is 2.89 bits per heavy atom. The number of halogens is 1. The maximum Gasteiger partial charge on any atom is 0.270 e. The molecule has 0 heterocycles. The van der Waals surface area contributed by atoms with Crippen LogP contribution in [0.5, 0.6) is 0 Å². The van der Waals surface area contributed by atoms with Gasteiger partial charge in [0.25, 0.3) is 11.6 Å². The zero-order valence-corrected chi connectivity index (χ0v) is 10.2. The van der Waals surface area contributed by atoms with Crippen LogP contribution < -0.4 is 5.32 Å². The van der Waals surface area contributed by atoms with Crippen LogP contribution in [0.1, 0.15) is 23.2 Å². The molecule has 0 aliphatic rings. The van der Waals surface area contributed by atoms with Gasteiger partial charge in [0.15, 0.2) is 0 Å². The van der Waals surface area contributed by atoms with E-state index >= 15 is 0 Å². The number of hydrogen-bond donors (Lipinski definition) is 1. The molecule has 0 saturated carbocycles. The van der Waals surface area contributed by atoms with Crippen molar-refractivity contribution in [3.05, 3.63) is 38.9 Å². The highest BCUT2D eigenvalue weighted by Crippen LogP contribution is 2.21. The molecule has 0 radical (unpaired) electrons. The van der Waals surface area contributed by atoms with Gasteiger partial charge in [0.1, 0.15) is 0 Å². The molecule has 5 nitrogen and oxygen atoms in total. The van der Waals surface area contributed by atoms with Crippen molar-refractivity contribution in [3.63, 3.8) is 0 Å². The lowest BCUT2D eigenvalue weighted by Gasteiger charge is -2.05. The van der Waals surface area contributed by atoms with E-state index in [2.05, 4.69) is 11.2 Å². The highest BCUT2D eigenvalue weighted by atomic mass is 35.5. The van der Waals surface area contributed by atoms with Crippen molar-refractivity contribution < 1.29 is 9.72 Å². The normalized spacial score (nSPS) is 9.56. The van der Waals surface area contributed by atoms with E-state index in [9.17, 15) is 14.9 Å². The van der Waals surface area contributed by atoms with Crippen molar-refractivity contribution in [3.8, 4) is 12.3 Å². The van der Waals surface area contributed by atoms with Crippen LogP contribution in [-0.2, 0) is 0 Å². The third-order valence-corrected chi connectivity index (χ3v) is 2.52. The molecular weight excluding hydrogens is 256 g/mol. The number of nitro benzene ring substituents is 1. The summed E-state index contributed by atoms with van der Waals surface area (Å²) in [7, 11) is 0. The quantitative estimate of drug-likeness (QED) is 0.385. The van der Waals surface area contributed by atoms with Gasteiger partial charge in [0, 0.05) is 25.1 Å². The van der Waals surface area contributed by atoms with Crippen molar-refractivity contribution in [2.45, 2.75) is 12.8 Å². The fraction of sp³-hybridized carbons (Fsp3) is 0.250. The standard InChI is InChI=1S/C12H11ClN2O3/c1-2-3-4-7-14-12(16)10-8-9(15(17)18)5-6-11(10)13/h1,5-6,8H,3-4,7H2,(H,14,16). The summed E-state index contributed by atoms with van der Waals surface area (Å²) < 4.78 is 0. The average Bonchev–Trinajstić information content (AvgIpc) is 2.34. The number of hydrogen-bond acceptors (Lipinski definition) is 3. The summed E-state index contributed by atoms with van der Waals surface area (Å²) in [5, 5.41) is 13.4. The molecule has 1 amide bonds. The molecule has 94 valence electrons. The molecule has 1 aromatic rings. The van der Waals surface area contributed by atoms with Gasteiger partial charge in [-0.05, 0) is 12.5 Å². The van der Waals surface area contributed by atoms with Crippen molar-refractivity contribution in [2.75, 3.05) is 6.54 Å². The number of nitro groups is 1. The van der Waals surface area contributed by atoms with E-state index in [1.807, 2.05) is 0 Å². The number of nitrogens with one attached hydrogen (secondary N) is 1. The van der Waals surface area contributed by atoms with Gasteiger partial charge in [-0.25, -0.2) is 0 Å². The Morgan fingerprint density at radius 1 is 1.56 bits per heavy atom. The summed E-state index contributed by atoms with van der Waals surface area (Å²) in [5.74, 6) is 2.01. The van der Waals surface area contributed by atoms with Crippen LogP contribution in [0, 0.1) is 22.5 Å². The van der Waals surface area contributed by atoms with Gasteiger partial charge >= 0.3 is 0 Å². The first kappa shape index (κ1) is 14.0. The summed E-state index contributed by atoms with van der Waals surface area (Å²) in [6.07, 6.45) is 6.28. The van der Waals surface area contributed by atoms with Crippen molar-refractivity contribution in [1.29, 1.82) is 0 Å². The lowest BCUT2D eigenvalue weighted by atomic mass is 10.2. The number of carbonyl (C=O) groups is 1. The molecule has 0 atom stereocenters. The van der Waals surface area contributed by atoms with Crippen molar-refractivity contribution in [2.24, 2.45) is 0 Å². The van der Waals surface area contributed by atoms with Crippen molar-refractivity contribution in [1.82, 2.24) is 5.32 Å². The number of amides is 1. The Kier molecular flexibility index (Phi) is 5.15. The summed E-state index contributed by atoms with van der Waals surface area (Å²) in [6.45, 7) is 0.405. The Hall–Kier alpha value is -2.06. The topological polar surface area (TPSA) is 72.2 Å². The van der Waals surface area contributed by atoms with Gasteiger partial charge in [0.2, 0.25) is 0 Å². The van der Waals surface area contributed by atoms with Gasteiger partial charge in [-0.1, -0.05) is 11.6 Å². The van der Waals surface area contributed by atoms with Gasteiger partial charge in [0.05, 0.1) is 15.5 Å². The van der Waals surface area contributed by atoms with Crippen LogP contribution in [-0.4, -0.2) is 17.4 Å². The van der Waals surface area contributed by atoms with E-state index in [1.54, 1.807) is 0 Å².